The summed E-state index contributed by atoms with van der Waals surface area (Å²) in [5, 5.41) is 0. The molecule has 0 saturated carbocycles. The van der Waals surface area contributed by atoms with Crippen LogP contribution in [0.5, 0.6) is 11.5 Å². The minimum Gasteiger partial charge on any atom is -0.490 e. The smallest absolute Gasteiger partial charge is 0.404 e. The van der Waals surface area contributed by atoms with Crippen molar-refractivity contribution in [1.29, 1.82) is 0 Å². The Kier molecular flexibility index (Phi) is 5.78. The third-order valence-corrected chi connectivity index (χ3v) is 2.83. The normalized spacial score (nSPS) is 13.2. The fraction of sp³-hybridized carbons (Fsp3) is 0.500. The van der Waals surface area contributed by atoms with Gasteiger partial charge in [-0.1, -0.05) is 35.0 Å². The molecule has 0 bridgehead atoms. The van der Waals surface area contributed by atoms with Crippen molar-refractivity contribution in [3.63, 3.8) is 0 Å². The van der Waals surface area contributed by atoms with E-state index in [2.05, 4.69) is 15.9 Å². The van der Waals surface area contributed by atoms with Gasteiger partial charge in [0.05, 0.1) is 6.61 Å². The first kappa shape index (κ1) is 15.1. The first-order chi connectivity index (χ1) is 8.45. The maximum Gasteiger partial charge on any atom is 0.404 e. The highest BCUT2D eigenvalue weighted by Crippen LogP contribution is 2.30. The standard InChI is InChI=1S/C12H14BrF3O2/c1-2-7-17-9-5-3-4-6-10(9)18-8-11(13)12(14,15)16/h3-6,11H,2,7-8H2,1H3. The number of benzene rings is 1. The van der Waals surface area contributed by atoms with Crippen LogP contribution < -0.4 is 9.47 Å². The van der Waals surface area contributed by atoms with E-state index >= 15 is 0 Å². The number of rotatable bonds is 6. The van der Waals surface area contributed by atoms with E-state index in [1.54, 1.807) is 24.3 Å². The average Bonchev–Trinajstić information content (AvgIpc) is 2.33. The van der Waals surface area contributed by atoms with Gasteiger partial charge < -0.3 is 9.47 Å². The van der Waals surface area contributed by atoms with Crippen LogP contribution in [0, 0.1) is 0 Å². The topological polar surface area (TPSA) is 18.5 Å². The van der Waals surface area contributed by atoms with Crippen LogP contribution >= 0.6 is 15.9 Å². The molecule has 6 heteroatoms. The molecular formula is C12H14BrF3O2. The molecule has 1 unspecified atom stereocenters. The molecule has 102 valence electrons. The van der Waals surface area contributed by atoms with Crippen LogP contribution in [0.1, 0.15) is 13.3 Å². The highest BCUT2D eigenvalue weighted by atomic mass is 79.9. The van der Waals surface area contributed by atoms with Crippen LogP contribution in [0.4, 0.5) is 13.2 Å². The predicted molar refractivity (Wildman–Crippen MR) is 66.5 cm³/mol. The molecule has 1 aromatic carbocycles. The van der Waals surface area contributed by atoms with E-state index in [9.17, 15) is 13.2 Å². The van der Waals surface area contributed by atoms with E-state index in [4.69, 9.17) is 9.47 Å². The van der Waals surface area contributed by atoms with Gasteiger partial charge in [-0.3, -0.25) is 0 Å². The Labute approximate surface area is 112 Å². The van der Waals surface area contributed by atoms with Crippen molar-refractivity contribution in [2.75, 3.05) is 13.2 Å². The molecule has 0 aliphatic rings. The Bertz CT molecular complexity index is 369. The van der Waals surface area contributed by atoms with Gasteiger partial charge in [0, 0.05) is 0 Å². The van der Waals surface area contributed by atoms with Gasteiger partial charge in [-0.05, 0) is 18.6 Å². The van der Waals surface area contributed by atoms with Crippen molar-refractivity contribution in [1.82, 2.24) is 0 Å². The molecule has 0 amide bonds. The second kappa shape index (κ2) is 6.87. The Morgan fingerprint density at radius 3 is 2.22 bits per heavy atom. The second-order valence-electron chi connectivity index (χ2n) is 3.62. The molecule has 1 aromatic rings. The van der Waals surface area contributed by atoms with Crippen LogP contribution in [-0.4, -0.2) is 24.2 Å². The SMILES string of the molecule is CCCOc1ccccc1OCC(Br)C(F)(F)F. The summed E-state index contributed by atoms with van der Waals surface area (Å²) in [6.07, 6.45) is -3.50. The van der Waals surface area contributed by atoms with E-state index < -0.39 is 17.6 Å². The lowest BCUT2D eigenvalue weighted by molar-refractivity contribution is -0.132. The van der Waals surface area contributed by atoms with Crippen molar-refractivity contribution in [3.8, 4) is 11.5 Å². The Morgan fingerprint density at radius 2 is 1.72 bits per heavy atom. The van der Waals surface area contributed by atoms with E-state index in [1.165, 1.54) is 0 Å². The van der Waals surface area contributed by atoms with Crippen LogP contribution in [0.25, 0.3) is 0 Å². The average molecular weight is 327 g/mol. The predicted octanol–water partition coefficient (Wildman–Crippen LogP) is 4.18. The molecule has 0 aromatic heterocycles. The molecule has 1 rings (SSSR count). The summed E-state index contributed by atoms with van der Waals surface area (Å²) in [7, 11) is 0. The number of halogens is 4. The van der Waals surface area contributed by atoms with Crippen molar-refractivity contribution in [2.45, 2.75) is 24.3 Å². The van der Waals surface area contributed by atoms with Gasteiger partial charge in [0.25, 0.3) is 0 Å². The molecular weight excluding hydrogens is 313 g/mol. The number of hydrogen-bond donors (Lipinski definition) is 0. The third-order valence-electron chi connectivity index (χ3n) is 2.05. The molecule has 18 heavy (non-hydrogen) atoms. The first-order valence-corrected chi connectivity index (χ1v) is 6.42. The molecule has 1 atom stereocenters. The number of para-hydroxylation sites is 2. The molecule has 0 aliphatic carbocycles. The fourth-order valence-corrected chi connectivity index (χ4v) is 1.29. The molecule has 0 heterocycles. The van der Waals surface area contributed by atoms with Gasteiger partial charge in [-0.15, -0.1) is 0 Å². The Hall–Kier alpha value is -0.910. The number of alkyl halides is 4. The summed E-state index contributed by atoms with van der Waals surface area (Å²) in [6.45, 7) is 1.95. The van der Waals surface area contributed by atoms with E-state index in [0.29, 0.717) is 18.1 Å². The van der Waals surface area contributed by atoms with E-state index in [-0.39, 0.29) is 0 Å². The van der Waals surface area contributed by atoms with Crippen LogP contribution in [0.3, 0.4) is 0 Å². The molecule has 0 fully saturated rings. The molecule has 0 saturated heterocycles. The fourth-order valence-electron chi connectivity index (χ4n) is 1.16. The van der Waals surface area contributed by atoms with Gasteiger partial charge in [-0.2, -0.15) is 13.2 Å². The monoisotopic (exact) mass is 326 g/mol. The van der Waals surface area contributed by atoms with Crippen LogP contribution in [0.2, 0.25) is 0 Å². The maximum atomic E-state index is 12.3. The molecule has 0 radical (unpaired) electrons. The highest BCUT2D eigenvalue weighted by Gasteiger charge is 2.38. The lowest BCUT2D eigenvalue weighted by atomic mass is 10.3. The zero-order valence-electron chi connectivity index (χ0n) is 9.84. The third kappa shape index (κ3) is 4.76. The lowest BCUT2D eigenvalue weighted by Crippen LogP contribution is -2.28. The zero-order valence-corrected chi connectivity index (χ0v) is 11.4. The van der Waals surface area contributed by atoms with Crippen molar-refractivity contribution in [3.05, 3.63) is 24.3 Å². The first-order valence-electron chi connectivity index (χ1n) is 5.50. The summed E-state index contributed by atoms with van der Waals surface area (Å²) >= 11 is 2.54. The highest BCUT2D eigenvalue weighted by molar-refractivity contribution is 9.09. The lowest BCUT2D eigenvalue weighted by Gasteiger charge is -2.16. The van der Waals surface area contributed by atoms with Crippen LogP contribution in [-0.2, 0) is 0 Å². The largest absolute Gasteiger partial charge is 0.490 e. The second-order valence-corrected chi connectivity index (χ2v) is 4.72. The van der Waals surface area contributed by atoms with E-state index in [1.807, 2.05) is 6.92 Å². The molecule has 0 N–H and O–H groups in total. The summed E-state index contributed by atoms with van der Waals surface area (Å²) < 4.78 is 47.4. The van der Waals surface area contributed by atoms with Gasteiger partial charge in [0.2, 0.25) is 0 Å². The minimum atomic E-state index is -4.32. The van der Waals surface area contributed by atoms with Crippen molar-refractivity contribution < 1.29 is 22.6 Å². The number of hydrogen-bond acceptors (Lipinski definition) is 2. The summed E-state index contributed by atoms with van der Waals surface area (Å²) in [5.41, 5.74) is 0. The molecule has 0 aliphatic heterocycles. The van der Waals surface area contributed by atoms with Gasteiger partial charge in [0.15, 0.2) is 11.5 Å². The maximum absolute atomic E-state index is 12.3. The molecule has 0 spiro atoms. The van der Waals surface area contributed by atoms with Crippen molar-refractivity contribution in [2.24, 2.45) is 0 Å². The zero-order chi connectivity index (χ0) is 13.6. The van der Waals surface area contributed by atoms with Gasteiger partial charge >= 0.3 is 6.18 Å². The van der Waals surface area contributed by atoms with Gasteiger partial charge in [0.1, 0.15) is 11.4 Å². The number of ether oxygens (including phenoxy) is 2. The van der Waals surface area contributed by atoms with Gasteiger partial charge in [-0.25, -0.2) is 0 Å². The van der Waals surface area contributed by atoms with Crippen molar-refractivity contribution >= 4 is 15.9 Å². The van der Waals surface area contributed by atoms with E-state index in [0.717, 1.165) is 6.42 Å². The van der Waals surface area contributed by atoms with Crippen LogP contribution in [0.15, 0.2) is 24.3 Å². The Morgan fingerprint density at radius 1 is 1.17 bits per heavy atom. The summed E-state index contributed by atoms with van der Waals surface area (Å²) in [5.74, 6) is 0.779. The molecule has 2 nitrogen and oxygen atoms in total. The summed E-state index contributed by atoms with van der Waals surface area (Å²) in [6, 6.07) is 6.68. The quantitative estimate of drug-likeness (QED) is 0.730. The summed E-state index contributed by atoms with van der Waals surface area (Å²) in [4.78, 5) is -1.69. The minimum absolute atomic E-state index is 0.319. The Balaban J connectivity index is 2.61.